The summed E-state index contributed by atoms with van der Waals surface area (Å²) < 4.78 is 1.12. The van der Waals surface area contributed by atoms with Gasteiger partial charge >= 0.3 is 0 Å². The summed E-state index contributed by atoms with van der Waals surface area (Å²) in [7, 11) is -0.651. The van der Waals surface area contributed by atoms with E-state index in [9.17, 15) is 0 Å². The molecule has 2 aromatic rings. The molecular weight excluding hydrogens is 292 g/mol. The van der Waals surface area contributed by atoms with Crippen molar-refractivity contribution in [1.82, 2.24) is 0 Å². The minimum Gasteiger partial charge on any atom is -0.223 e. The summed E-state index contributed by atoms with van der Waals surface area (Å²) in [6.07, 6.45) is 6.98. The van der Waals surface area contributed by atoms with Crippen LogP contribution >= 0.6 is 26.0 Å². The molecule has 2 heteroatoms. The molecule has 90 valence electrons. The lowest BCUT2D eigenvalue weighted by atomic mass is 10.1. The Morgan fingerprint density at radius 1 is 0.824 bits per heavy atom. The lowest BCUT2D eigenvalue weighted by Crippen LogP contribution is -1.92. The highest BCUT2D eigenvalue weighted by Crippen LogP contribution is 2.46. The maximum Gasteiger partial charge on any atom is 0.0175 e. The van der Waals surface area contributed by atoms with Crippen LogP contribution in [0.1, 0.15) is 0 Å². The summed E-state index contributed by atoms with van der Waals surface area (Å²) >= 11 is 3.47. The van der Waals surface area contributed by atoms with Crippen LogP contribution in [0, 0.1) is 0 Å². The molecule has 0 saturated carbocycles. The standard InChI is InChI=1S/C15H17BrS/c1-17(2,3)15-6-4-5-13(11-15)12-7-9-14(16)10-8-12/h4-11H,1-3H3. The van der Waals surface area contributed by atoms with Crippen molar-refractivity contribution in [3.05, 3.63) is 53.0 Å². The van der Waals surface area contributed by atoms with Crippen molar-refractivity contribution in [1.29, 1.82) is 0 Å². The van der Waals surface area contributed by atoms with Crippen molar-refractivity contribution in [3.63, 3.8) is 0 Å². The molecule has 0 amide bonds. The van der Waals surface area contributed by atoms with E-state index in [0.717, 1.165) is 4.47 Å². The third-order valence-corrected chi connectivity index (χ3v) is 4.92. The number of hydrogen-bond donors (Lipinski definition) is 0. The van der Waals surface area contributed by atoms with E-state index in [0.29, 0.717) is 0 Å². The molecule has 0 aliphatic rings. The zero-order valence-electron chi connectivity index (χ0n) is 10.4. The molecule has 0 fully saturated rings. The molecule has 0 atom stereocenters. The molecule has 0 spiro atoms. The van der Waals surface area contributed by atoms with Gasteiger partial charge in [-0.3, -0.25) is 0 Å². The molecule has 0 unspecified atom stereocenters. The van der Waals surface area contributed by atoms with Crippen molar-refractivity contribution < 1.29 is 0 Å². The monoisotopic (exact) mass is 308 g/mol. The summed E-state index contributed by atoms with van der Waals surface area (Å²) in [6.45, 7) is 0. The Morgan fingerprint density at radius 2 is 1.47 bits per heavy atom. The molecule has 2 rings (SSSR count). The van der Waals surface area contributed by atoms with Crippen LogP contribution in [0.15, 0.2) is 57.9 Å². The molecule has 0 nitrogen and oxygen atoms in total. The zero-order chi connectivity index (χ0) is 12.5. The first-order valence-corrected chi connectivity index (χ1v) is 9.16. The topological polar surface area (TPSA) is 0 Å². The minimum absolute atomic E-state index is 0.651. The Labute approximate surface area is 114 Å². The SMILES string of the molecule is CS(C)(C)c1cccc(-c2ccc(Br)cc2)c1. The van der Waals surface area contributed by atoms with Gasteiger partial charge in [0.1, 0.15) is 0 Å². The van der Waals surface area contributed by atoms with Gasteiger partial charge in [0.25, 0.3) is 0 Å². The van der Waals surface area contributed by atoms with E-state index >= 15 is 0 Å². The van der Waals surface area contributed by atoms with Crippen molar-refractivity contribution in [2.75, 3.05) is 18.8 Å². The summed E-state index contributed by atoms with van der Waals surface area (Å²) in [4.78, 5) is 1.46. The number of rotatable bonds is 2. The van der Waals surface area contributed by atoms with E-state index in [2.05, 4.69) is 83.2 Å². The van der Waals surface area contributed by atoms with Gasteiger partial charge in [0.05, 0.1) is 0 Å². The molecule has 0 aliphatic carbocycles. The second-order valence-electron chi connectivity index (χ2n) is 4.87. The molecule has 0 bridgehead atoms. The fourth-order valence-corrected chi connectivity index (χ4v) is 2.93. The average molecular weight is 309 g/mol. The van der Waals surface area contributed by atoms with E-state index in [4.69, 9.17) is 0 Å². The van der Waals surface area contributed by atoms with Crippen LogP contribution in [0.4, 0.5) is 0 Å². The molecule has 0 radical (unpaired) electrons. The molecule has 0 aromatic heterocycles. The van der Waals surface area contributed by atoms with Gasteiger partial charge in [-0.1, -0.05) is 46.3 Å². The van der Waals surface area contributed by atoms with E-state index in [1.165, 1.54) is 16.0 Å². The van der Waals surface area contributed by atoms with Gasteiger partial charge in [0, 0.05) is 4.47 Å². The molecule has 0 aliphatic heterocycles. The zero-order valence-corrected chi connectivity index (χ0v) is 12.8. The maximum atomic E-state index is 3.47. The van der Waals surface area contributed by atoms with Gasteiger partial charge in [-0.2, -0.15) is 0 Å². The third-order valence-electron chi connectivity index (χ3n) is 2.72. The van der Waals surface area contributed by atoms with Crippen LogP contribution in [0.3, 0.4) is 0 Å². The largest absolute Gasteiger partial charge is 0.223 e. The number of benzene rings is 2. The summed E-state index contributed by atoms with van der Waals surface area (Å²) in [6, 6.07) is 17.4. The minimum atomic E-state index is -0.651. The van der Waals surface area contributed by atoms with Gasteiger partial charge < -0.3 is 0 Å². The summed E-state index contributed by atoms with van der Waals surface area (Å²) in [5.41, 5.74) is 2.58. The van der Waals surface area contributed by atoms with Crippen LogP contribution in [0.2, 0.25) is 0 Å². The Morgan fingerprint density at radius 3 is 2.06 bits per heavy atom. The van der Waals surface area contributed by atoms with E-state index in [1.54, 1.807) is 0 Å². The van der Waals surface area contributed by atoms with Gasteiger partial charge in [-0.25, -0.2) is 10.0 Å². The van der Waals surface area contributed by atoms with Crippen LogP contribution in [-0.4, -0.2) is 18.8 Å². The second-order valence-corrected chi connectivity index (χ2v) is 9.93. The molecular formula is C15H17BrS. The number of hydrogen-bond acceptors (Lipinski definition) is 0. The fraction of sp³-hybridized carbons (Fsp3) is 0.200. The smallest absolute Gasteiger partial charge is 0.0175 e. The Kier molecular flexibility index (Phi) is 3.64. The van der Waals surface area contributed by atoms with Gasteiger partial charge in [-0.15, -0.1) is 0 Å². The quantitative estimate of drug-likeness (QED) is 0.718. The van der Waals surface area contributed by atoms with Crippen LogP contribution in [0.5, 0.6) is 0 Å². The maximum absolute atomic E-state index is 3.47. The van der Waals surface area contributed by atoms with E-state index in [-0.39, 0.29) is 0 Å². The van der Waals surface area contributed by atoms with Gasteiger partial charge in [0.2, 0.25) is 0 Å². The molecule has 0 N–H and O–H groups in total. The van der Waals surface area contributed by atoms with Crippen LogP contribution in [0.25, 0.3) is 11.1 Å². The first kappa shape index (κ1) is 12.7. The lowest BCUT2D eigenvalue weighted by Gasteiger charge is -2.26. The van der Waals surface area contributed by atoms with E-state index in [1.807, 2.05) is 0 Å². The predicted molar refractivity (Wildman–Crippen MR) is 83.2 cm³/mol. The predicted octanol–water partition coefficient (Wildman–Crippen LogP) is 5.17. The van der Waals surface area contributed by atoms with E-state index < -0.39 is 10.0 Å². The average Bonchev–Trinajstić information content (AvgIpc) is 2.29. The Bertz CT molecular complexity index is 509. The summed E-state index contributed by atoms with van der Waals surface area (Å²) in [5.74, 6) is 0. The highest BCUT2D eigenvalue weighted by molar-refractivity contribution is 9.10. The number of halogens is 1. The molecule has 0 saturated heterocycles. The van der Waals surface area contributed by atoms with Crippen molar-refractivity contribution in [3.8, 4) is 11.1 Å². The molecule has 0 heterocycles. The molecule has 17 heavy (non-hydrogen) atoms. The normalized spacial score (nSPS) is 12.5. The van der Waals surface area contributed by atoms with Crippen molar-refractivity contribution >= 4 is 26.0 Å². The Hall–Kier alpha value is -0.730. The van der Waals surface area contributed by atoms with Crippen LogP contribution < -0.4 is 0 Å². The van der Waals surface area contributed by atoms with Crippen LogP contribution in [-0.2, 0) is 0 Å². The van der Waals surface area contributed by atoms with Gasteiger partial charge in [-0.05, 0) is 53.0 Å². The first-order valence-electron chi connectivity index (χ1n) is 5.51. The highest BCUT2D eigenvalue weighted by atomic mass is 79.9. The fourth-order valence-electron chi connectivity index (χ4n) is 1.70. The van der Waals surface area contributed by atoms with Crippen molar-refractivity contribution in [2.24, 2.45) is 0 Å². The van der Waals surface area contributed by atoms with Gasteiger partial charge in [0.15, 0.2) is 0 Å². The third kappa shape index (κ3) is 3.14. The molecule has 2 aromatic carbocycles. The Balaban J connectivity index is 2.43. The second kappa shape index (κ2) is 4.87. The summed E-state index contributed by atoms with van der Waals surface area (Å²) in [5, 5.41) is 0. The van der Waals surface area contributed by atoms with Crippen molar-refractivity contribution in [2.45, 2.75) is 4.90 Å². The first-order chi connectivity index (χ1) is 7.97. The highest BCUT2D eigenvalue weighted by Gasteiger charge is 2.08. The lowest BCUT2D eigenvalue weighted by molar-refractivity contribution is 1.43.